The van der Waals surface area contributed by atoms with E-state index in [4.69, 9.17) is 12.2 Å². The van der Waals surface area contributed by atoms with Crippen LogP contribution >= 0.6 is 24.0 Å². The van der Waals surface area contributed by atoms with E-state index in [2.05, 4.69) is 10.6 Å². The highest BCUT2D eigenvalue weighted by atomic mass is 32.2. The fourth-order valence-corrected chi connectivity index (χ4v) is 3.79. The second-order valence-electron chi connectivity index (χ2n) is 4.51. The summed E-state index contributed by atoms with van der Waals surface area (Å²) in [6, 6.07) is 1.24. The van der Waals surface area contributed by atoms with Gasteiger partial charge in [0, 0.05) is 17.8 Å². The fraction of sp³-hybridized carbons (Fsp3) is 0.909. The topological polar surface area (TPSA) is 24.1 Å². The summed E-state index contributed by atoms with van der Waals surface area (Å²) in [6.45, 7) is 0. The maximum Gasteiger partial charge on any atom is 0.166 e. The molecule has 4 heteroatoms. The molecule has 0 aromatic rings. The predicted octanol–water partition coefficient (Wildman–Crippen LogP) is 2.29. The lowest BCUT2D eigenvalue weighted by Crippen LogP contribution is -2.46. The first-order valence-corrected chi connectivity index (χ1v) is 7.55. The Morgan fingerprint density at radius 2 is 1.73 bits per heavy atom. The van der Waals surface area contributed by atoms with Crippen LogP contribution in [0.4, 0.5) is 0 Å². The van der Waals surface area contributed by atoms with Crippen molar-refractivity contribution < 1.29 is 0 Å². The lowest BCUT2D eigenvalue weighted by Gasteiger charge is -2.25. The highest BCUT2D eigenvalue weighted by Crippen LogP contribution is 2.18. The molecule has 0 aromatic heterocycles. The Balaban J connectivity index is 1.66. The van der Waals surface area contributed by atoms with Gasteiger partial charge in [-0.3, -0.25) is 0 Å². The number of rotatable bonds is 2. The summed E-state index contributed by atoms with van der Waals surface area (Å²) in [5.41, 5.74) is 0. The molecule has 1 saturated heterocycles. The molecule has 0 radical (unpaired) electrons. The van der Waals surface area contributed by atoms with Crippen LogP contribution in [-0.2, 0) is 0 Å². The molecule has 0 aromatic carbocycles. The summed E-state index contributed by atoms with van der Waals surface area (Å²) in [5.74, 6) is 2.50. The van der Waals surface area contributed by atoms with E-state index in [1.807, 2.05) is 11.8 Å². The third-order valence-corrected chi connectivity index (χ3v) is 4.60. The Morgan fingerprint density at radius 1 is 1.00 bits per heavy atom. The standard InChI is InChI=1S/C11H20N2S2/c14-11(13-10-6-7-15-8-10)12-9-4-2-1-3-5-9/h9-10H,1-8H2,(H2,12,13,14). The van der Waals surface area contributed by atoms with Gasteiger partial charge in [0.2, 0.25) is 0 Å². The molecule has 15 heavy (non-hydrogen) atoms. The summed E-state index contributed by atoms with van der Waals surface area (Å²) in [5, 5.41) is 7.77. The largest absolute Gasteiger partial charge is 0.360 e. The highest BCUT2D eigenvalue weighted by Gasteiger charge is 2.18. The minimum atomic E-state index is 0.610. The number of hydrogen-bond donors (Lipinski definition) is 2. The lowest BCUT2D eigenvalue weighted by atomic mass is 9.96. The van der Waals surface area contributed by atoms with Crippen molar-refractivity contribution in [1.82, 2.24) is 10.6 Å². The minimum Gasteiger partial charge on any atom is -0.360 e. The first-order chi connectivity index (χ1) is 7.34. The zero-order valence-electron chi connectivity index (χ0n) is 9.13. The number of thiocarbonyl (C=S) groups is 1. The molecule has 0 bridgehead atoms. The number of nitrogens with one attached hydrogen (secondary N) is 2. The van der Waals surface area contributed by atoms with Gasteiger partial charge in [-0.1, -0.05) is 19.3 Å². The van der Waals surface area contributed by atoms with Crippen LogP contribution in [0.3, 0.4) is 0 Å². The van der Waals surface area contributed by atoms with Gasteiger partial charge in [-0.15, -0.1) is 0 Å². The Bertz CT molecular complexity index is 209. The first kappa shape index (κ1) is 11.5. The molecule has 1 aliphatic carbocycles. The quantitative estimate of drug-likeness (QED) is 0.728. The third kappa shape index (κ3) is 3.83. The molecule has 1 heterocycles. The van der Waals surface area contributed by atoms with Gasteiger partial charge in [-0.05, 0) is 37.2 Å². The van der Waals surface area contributed by atoms with E-state index >= 15 is 0 Å². The highest BCUT2D eigenvalue weighted by molar-refractivity contribution is 7.99. The molecule has 1 atom stereocenters. The fourth-order valence-electron chi connectivity index (χ4n) is 2.31. The van der Waals surface area contributed by atoms with Crippen LogP contribution in [0.1, 0.15) is 38.5 Å². The predicted molar refractivity (Wildman–Crippen MR) is 71.5 cm³/mol. The van der Waals surface area contributed by atoms with Crippen molar-refractivity contribution in [3.63, 3.8) is 0 Å². The van der Waals surface area contributed by atoms with Crippen molar-refractivity contribution in [2.45, 2.75) is 50.6 Å². The second kappa shape index (κ2) is 5.94. The van der Waals surface area contributed by atoms with Crippen molar-refractivity contribution in [3.05, 3.63) is 0 Å². The van der Waals surface area contributed by atoms with Crippen molar-refractivity contribution in [3.8, 4) is 0 Å². The summed E-state index contributed by atoms with van der Waals surface area (Å²) in [4.78, 5) is 0. The SMILES string of the molecule is S=C(NC1CCCCC1)NC1CCSC1. The molecule has 2 rings (SSSR count). The molecular formula is C11H20N2S2. The Hall–Kier alpha value is 0.0400. The van der Waals surface area contributed by atoms with Gasteiger partial charge in [0.05, 0.1) is 0 Å². The Morgan fingerprint density at radius 3 is 2.40 bits per heavy atom. The van der Waals surface area contributed by atoms with Crippen LogP contribution in [0, 0.1) is 0 Å². The van der Waals surface area contributed by atoms with Crippen molar-refractivity contribution >= 4 is 29.1 Å². The smallest absolute Gasteiger partial charge is 0.166 e. The van der Waals surface area contributed by atoms with Gasteiger partial charge in [-0.25, -0.2) is 0 Å². The molecule has 1 saturated carbocycles. The van der Waals surface area contributed by atoms with E-state index in [0.717, 1.165) is 5.11 Å². The molecular weight excluding hydrogens is 224 g/mol. The molecule has 1 aliphatic heterocycles. The Labute approximate surface area is 102 Å². The van der Waals surface area contributed by atoms with Crippen LogP contribution in [0.2, 0.25) is 0 Å². The van der Waals surface area contributed by atoms with Crippen LogP contribution in [-0.4, -0.2) is 28.7 Å². The minimum absolute atomic E-state index is 0.610. The molecule has 2 aliphatic rings. The molecule has 2 fully saturated rings. The molecule has 2 N–H and O–H groups in total. The van der Waals surface area contributed by atoms with E-state index in [1.165, 1.54) is 50.0 Å². The van der Waals surface area contributed by atoms with Crippen LogP contribution < -0.4 is 10.6 Å². The van der Waals surface area contributed by atoms with Gasteiger partial charge in [0.15, 0.2) is 5.11 Å². The summed E-state index contributed by atoms with van der Waals surface area (Å²) < 4.78 is 0. The average molecular weight is 244 g/mol. The van der Waals surface area contributed by atoms with Crippen molar-refractivity contribution in [2.75, 3.05) is 11.5 Å². The van der Waals surface area contributed by atoms with Gasteiger partial charge in [-0.2, -0.15) is 11.8 Å². The van der Waals surface area contributed by atoms with E-state index in [1.54, 1.807) is 0 Å². The van der Waals surface area contributed by atoms with Crippen molar-refractivity contribution in [2.24, 2.45) is 0 Å². The summed E-state index contributed by atoms with van der Waals surface area (Å²) in [6.07, 6.45) is 7.97. The zero-order chi connectivity index (χ0) is 10.5. The molecule has 0 spiro atoms. The van der Waals surface area contributed by atoms with Crippen LogP contribution in [0.5, 0.6) is 0 Å². The molecule has 0 amide bonds. The Kier molecular flexibility index (Phi) is 4.57. The van der Waals surface area contributed by atoms with Crippen LogP contribution in [0.25, 0.3) is 0 Å². The van der Waals surface area contributed by atoms with Gasteiger partial charge >= 0.3 is 0 Å². The average Bonchev–Trinajstić information content (AvgIpc) is 2.71. The maximum absolute atomic E-state index is 5.34. The number of hydrogen-bond acceptors (Lipinski definition) is 2. The summed E-state index contributed by atoms with van der Waals surface area (Å²) >= 11 is 7.36. The third-order valence-electron chi connectivity index (χ3n) is 3.21. The van der Waals surface area contributed by atoms with Gasteiger partial charge < -0.3 is 10.6 Å². The van der Waals surface area contributed by atoms with Gasteiger partial charge in [0.1, 0.15) is 0 Å². The van der Waals surface area contributed by atoms with E-state index in [-0.39, 0.29) is 0 Å². The number of thioether (sulfide) groups is 1. The monoisotopic (exact) mass is 244 g/mol. The lowest BCUT2D eigenvalue weighted by molar-refractivity contribution is 0.411. The van der Waals surface area contributed by atoms with Crippen molar-refractivity contribution in [1.29, 1.82) is 0 Å². The molecule has 1 unspecified atom stereocenters. The first-order valence-electron chi connectivity index (χ1n) is 5.99. The van der Waals surface area contributed by atoms with Crippen LogP contribution in [0.15, 0.2) is 0 Å². The second-order valence-corrected chi connectivity index (χ2v) is 6.07. The maximum atomic E-state index is 5.34. The van der Waals surface area contributed by atoms with Gasteiger partial charge in [0.25, 0.3) is 0 Å². The zero-order valence-corrected chi connectivity index (χ0v) is 10.8. The molecule has 2 nitrogen and oxygen atoms in total. The van der Waals surface area contributed by atoms with E-state index in [0.29, 0.717) is 12.1 Å². The van der Waals surface area contributed by atoms with E-state index < -0.39 is 0 Å². The summed E-state index contributed by atoms with van der Waals surface area (Å²) in [7, 11) is 0. The molecule has 86 valence electrons. The van der Waals surface area contributed by atoms with E-state index in [9.17, 15) is 0 Å². The normalized spacial score (nSPS) is 27.6.